The van der Waals surface area contributed by atoms with Gasteiger partial charge in [0.15, 0.2) is 0 Å². The molecule has 0 aromatic heterocycles. The van der Waals surface area contributed by atoms with Crippen molar-refractivity contribution in [3.63, 3.8) is 0 Å². The van der Waals surface area contributed by atoms with Crippen LogP contribution >= 0.6 is 0 Å². The fourth-order valence-electron chi connectivity index (χ4n) is 1.87. The summed E-state index contributed by atoms with van der Waals surface area (Å²) in [5.74, 6) is -0.127. The van der Waals surface area contributed by atoms with Gasteiger partial charge < -0.3 is 5.32 Å². The lowest BCUT2D eigenvalue weighted by molar-refractivity contribution is 0.622. The second-order valence-electron chi connectivity index (χ2n) is 4.51. The summed E-state index contributed by atoms with van der Waals surface area (Å²) in [6.45, 7) is 5.12. The molecule has 0 aliphatic carbocycles. The number of rotatable bonds is 8. The summed E-state index contributed by atoms with van der Waals surface area (Å²) < 4.78 is 13.6. The lowest BCUT2D eigenvalue weighted by atomic mass is 10.1. The molecule has 0 bridgehead atoms. The van der Waals surface area contributed by atoms with Gasteiger partial charge in [-0.3, -0.25) is 0 Å². The van der Waals surface area contributed by atoms with Crippen LogP contribution in [0.25, 0.3) is 0 Å². The summed E-state index contributed by atoms with van der Waals surface area (Å²) >= 11 is 0. The number of halogens is 1. The first-order chi connectivity index (χ1) is 8.27. The number of benzene rings is 1. The standard InChI is InChI=1S/C15H24FN/c1-3-5-6-7-8-11-17-15-10-9-13(4-2)12-14(15)16/h9-10,12,17H,3-8,11H2,1-2H3. The normalized spacial score (nSPS) is 10.5. The molecule has 1 aromatic carbocycles. The number of hydrogen-bond donors (Lipinski definition) is 1. The first-order valence-electron chi connectivity index (χ1n) is 6.80. The van der Waals surface area contributed by atoms with Crippen LogP contribution < -0.4 is 5.32 Å². The van der Waals surface area contributed by atoms with E-state index in [4.69, 9.17) is 0 Å². The van der Waals surface area contributed by atoms with Crippen LogP contribution in [0.3, 0.4) is 0 Å². The average molecular weight is 237 g/mol. The van der Waals surface area contributed by atoms with Crippen molar-refractivity contribution in [2.75, 3.05) is 11.9 Å². The molecule has 1 rings (SSSR count). The number of hydrogen-bond acceptors (Lipinski definition) is 1. The summed E-state index contributed by atoms with van der Waals surface area (Å²) in [5.41, 5.74) is 1.69. The first-order valence-corrected chi connectivity index (χ1v) is 6.80. The molecule has 96 valence electrons. The van der Waals surface area contributed by atoms with Gasteiger partial charge in [-0.05, 0) is 30.5 Å². The van der Waals surface area contributed by atoms with Gasteiger partial charge in [0.05, 0.1) is 5.69 Å². The van der Waals surface area contributed by atoms with Gasteiger partial charge in [-0.15, -0.1) is 0 Å². The van der Waals surface area contributed by atoms with Gasteiger partial charge in [0.25, 0.3) is 0 Å². The molecule has 2 heteroatoms. The van der Waals surface area contributed by atoms with Crippen molar-refractivity contribution in [1.29, 1.82) is 0 Å². The van der Waals surface area contributed by atoms with E-state index in [2.05, 4.69) is 12.2 Å². The average Bonchev–Trinajstić information content (AvgIpc) is 2.35. The molecule has 1 aromatic rings. The highest BCUT2D eigenvalue weighted by Gasteiger charge is 2.01. The Morgan fingerprint density at radius 2 is 1.82 bits per heavy atom. The zero-order valence-electron chi connectivity index (χ0n) is 11.1. The molecule has 0 radical (unpaired) electrons. The van der Waals surface area contributed by atoms with E-state index in [0.717, 1.165) is 24.9 Å². The minimum Gasteiger partial charge on any atom is -0.383 e. The van der Waals surface area contributed by atoms with Gasteiger partial charge in [0.1, 0.15) is 5.82 Å². The Balaban J connectivity index is 2.27. The lowest BCUT2D eigenvalue weighted by Gasteiger charge is -2.08. The predicted octanol–water partition coefficient (Wildman–Crippen LogP) is 4.77. The monoisotopic (exact) mass is 237 g/mol. The van der Waals surface area contributed by atoms with Crippen LogP contribution in [-0.4, -0.2) is 6.54 Å². The molecule has 0 fully saturated rings. The molecule has 0 atom stereocenters. The van der Waals surface area contributed by atoms with E-state index in [1.165, 1.54) is 25.7 Å². The Morgan fingerprint density at radius 3 is 2.47 bits per heavy atom. The highest BCUT2D eigenvalue weighted by molar-refractivity contribution is 5.46. The molecule has 1 N–H and O–H groups in total. The number of unbranched alkanes of at least 4 members (excludes halogenated alkanes) is 4. The van der Waals surface area contributed by atoms with Crippen molar-refractivity contribution in [3.8, 4) is 0 Å². The van der Waals surface area contributed by atoms with Crippen LogP contribution in [-0.2, 0) is 6.42 Å². The fourth-order valence-corrected chi connectivity index (χ4v) is 1.87. The van der Waals surface area contributed by atoms with E-state index in [9.17, 15) is 4.39 Å². The van der Waals surface area contributed by atoms with Crippen molar-refractivity contribution in [2.45, 2.75) is 52.4 Å². The molecule has 0 spiro atoms. The molecule has 0 saturated heterocycles. The second-order valence-corrected chi connectivity index (χ2v) is 4.51. The van der Waals surface area contributed by atoms with Crippen LogP contribution in [0, 0.1) is 5.82 Å². The van der Waals surface area contributed by atoms with Crippen LogP contribution in [0.15, 0.2) is 18.2 Å². The highest BCUT2D eigenvalue weighted by atomic mass is 19.1. The van der Waals surface area contributed by atoms with Crippen LogP contribution in [0.5, 0.6) is 0 Å². The largest absolute Gasteiger partial charge is 0.383 e. The van der Waals surface area contributed by atoms with Gasteiger partial charge in [-0.25, -0.2) is 4.39 Å². The SMILES string of the molecule is CCCCCCCNc1ccc(CC)cc1F. The third kappa shape index (κ3) is 5.20. The minimum absolute atomic E-state index is 0.127. The summed E-state index contributed by atoms with van der Waals surface area (Å²) in [5, 5.41) is 3.17. The minimum atomic E-state index is -0.127. The zero-order valence-corrected chi connectivity index (χ0v) is 11.1. The van der Waals surface area contributed by atoms with Crippen molar-refractivity contribution in [2.24, 2.45) is 0 Å². The molecule has 0 saturated carbocycles. The molecule has 1 nitrogen and oxygen atoms in total. The Kier molecular flexibility index (Phi) is 6.68. The first kappa shape index (κ1) is 14.0. The Bertz CT molecular complexity index is 323. The van der Waals surface area contributed by atoms with Crippen LogP contribution in [0.1, 0.15) is 51.5 Å². The van der Waals surface area contributed by atoms with E-state index < -0.39 is 0 Å². The number of anilines is 1. The maximum atomic E-state index is 13.6. The molecular formula is C15H24FN. The Hall–Kier alpha value is -1.05. The Morgan fingerprint density at radius 1 is 1.06 bits per heavy atom. The molecule has 0 aliphatic heterocycles. The van der Waals surface area contributed by atoms with E-state index in [1.807, 2.05) is 19.1 Å². The number of nitrogens with one attached hydrogen (secondary N) is 1. The predicted molar refractivity (Wildman–Crippen MR) is 73.0 cm³/mol. The van der Waals surface area contributed by atoms with Crippen molar-refractivity contribution in [3.05, 3.63) is 29.6 Å². The fraction of sp³-hybridized carbons (Fsp3) is 0.600. The van der Waals surface area contributed by atoms with Crippen molar-refractivity contribution >= 4 is 5.69 Å². The second kappa shape index (κ2) is 8.10. The smallest absolute Gasteiger partial charge is 0.146 e. The zero-order chi connectivity index (χ0) is 12.5. The molecule has 0 amide bonds. The third-order valence-corrected chi connectivity index (χ3v) is 3.04. The van der Waals surface area contributed by atoms with E-state index in [0.29, 0.717) is 5.69 Å². The molecular weight excluding hydrogens is 213 g/mol. The van der Waals surface area contributed by atoms with Gasteiger partial charge in [-0.2, -0.15) is 0 Å². The van der Waals surface area contributed by atoms with Crippen molar-refractivity contribution in [1.82, 2.24) is 0 Å². The van der Waals surface area contributed by atoms with E-state index >= 15 is 0 Å². The molecule has 0 unspecified atom stereocenters. The summed E-state index contributed by atoms with van der Waals surface area (Å²) in [4.78, 5) is 0. The third-order valence-electron chi connectivity index (χ3n) is 3.04. The number of aryl methyl sites for hydroxylation is 1. The highest BCUT2D eigenvalue weighted by Crippen LogP contribution is 2.16. The van der Waals surface area contributed by atoms with E-state index in [-0.39, 0.29) is 5.82 Å². The maximum Gasteiger partial charge on any atom is 0.146 e. The van der Waals surface area contributed by atoms with Gasteiger partial charge >= 0.3 is 0 Å². The van der Waals surface area contributed by atoms with Crippen LogP contribution in [0.4, 0.5) is 10.1 Å². The topological polar surface area (TPSA) is 12.0 Å². The van der Waals surface area contributed by atoms with Gasteiger partial charge in [-0.1, -0.05) is 45.6 Å². The Labute approximate surface area is 104 Å². The van der Waals surface area contributed by atoms with Crippen LogP contribution in [0.2, 0.25) is 0 Å². The quantitative estimate of drug-likeness (QED) is 0.642. The van der Waals surface area contributed by atoms with Gasteiger partial charge in [0.2, 0.25) is 0 Å². The molecule has 17 heavy (non-hydrogen) atoms. The van der Waals surface area contributed by atoms with Crippen molar-refractivity contribution < 1.29 is 4.39 Å². The lowest BCUT2D eigenvalue weighted by Crippen LogP contribution is -2.03. The summed E-state index contributed by atoms with van der Waals surface area (Å²) in [6, 6.07) is 5.46. The molecule has 0 heterocycles. The molecule has 0 aliphatic rings. The van der Waals surface area contributed by atoms with E-state index in [1.54, 1.807) is 6.07 Å². The summed E-state index contributed by atoms with van der Waals surface area (Å²) in [6.07, 6.45) is 7.09. The maximum absolute atomic E-state index is 13.6. The van der Waals surface area contributed by atoms with Gasteiger partial charge in [0, 0.05) is 6.54 Å². The summed E-state index contributed by atoms with van der Waals surface area (Å²) in [7, 11) is 0.